The Balaban J connectivity index is 1.76. The first-order valence-electron chi connectivity index (χ1n) is 5.86. The lowest BCUT2D eigenvalue weighted by molar-refractivity contribution is 0.00781. The van der Waals surface area contributed by atoms with E-state index in [1.165, 1.54) is 13.1 Å². The van der Waals surface area contributed by atoms with E-state index in [0.717, 1.165) is 25.5 Å². The zero-order valence-corrected chi connectivity index (χ0v) is 9.30. The number of nitrogens with zero attached hydrogens (tertiary/aromatic N) is 4. The topological polar surface area (TPSA) is 71.4 Å². The van der Waals surface area contributed by atoms with E-state index in [1.807, 2.05) is 0 Å². The largest absolute Gasteiger partial charge is 0.339 e. The van der Waals surface area contributed by atoms with Gasteiger partial charge in [-0.25, -0.2) is 0 Å². The van der Waals surface area contributed by atoms with E-state index >= 15 is 0 Å². The van der Waals surface area contributed by atoms with Gasteiger partial charge >= 0.3 is 0 Å². The van der Waals surface area contributed by atoms with Crippen LogP contribution >= 0.6 is 0 Å². The molecule has 4 heterocycles. The summed E-state index contributed by atoms with van der Waals surface area (Å²) in [5.74, 6) is 1.49. The molecule has 0 aromatic carbocycles. The van der Waals surface area contributed by atoms with Gasteiger partial charge in [-0.15, -0.1) is 0 Å². The van der Waals surface area contributed by atoms with Crippen molar-refractivity contribution in [3.63, 3.8) is 0 Å². The summed E-state index contributed by atoms with van der Waals surface area (Å²) in [7, 11) is 0. The molecule has 2 bridgehead atoms. The quantitative estimate of drug-likeness (QED) is 0.726. The van der Waals surface area contributed by atoms with E-state index in [9.17, 15) is 0 Å². The van der Waals surface area contributed by atoms with Gasteiger partial charge in [-0.3, -0.25) is 9.80 Å². The molecule has 6 heteroatoms. The van der Waals surface area contributed by atoms with Gasteiger partial charge in [0.25, 0.3) is 0 Å². The highest BCUT2D eigenvalue weighted by Gasteiger charge is 2.35. The Labute approximate surface area is 94.4 Å². The van der Waals surface area contributed by atoms with Crippen molar-refractivity contribution in [2.24, 2.45) is 5.73 Å². The predicted molar refractivity (Wildman–Crippen MR) is 57.8 cm³/mol. The van der Waals surface area contributed by atoms with E-state index in [-0.39, 0.29) is 0 Å². The summed E-state index contributed by atoms with van der Waals surface area (Å²) in [6, 6.07) is 0.317. The highest BCUT2D eigenvalue weighted by atomic mass is 16.5. The van der Waals surface area contributed by atoms with Crippen LogP contribution in [0.4, 0.5) is 0 Å². The second kappa shape index (κ2) is 4.12. The lowest BCUT2D eigenvalue weighted by Gasteiger charge is -2.46. The second-order valence-electron chi connectivity index (χ2n) is 4.44. The number of nitrogens with two attached hydrogens (primary N) is 1. The van der Waals surface area contributed by atoms with Crippen LogP contribution in [-0.2, 0) is 6.42 Å². The summed E-state index contributed by atoms with van der Waals surface area (Å²) in [6.45, 7) is 6.16. The number of fused-ring (bicyclic) bond motifs is 3. The smallest absolute Gasteiger partial charge is 0.227 e. The van der Waals surface area contributed by atoms with E-state index in [2.05, 4.69) is 19.9 Å². The Morgan fingerprint density at radius 1 is 1.31 bits per heavy atom. The molecule has 2 N–H and O–H groups in total. The molecule has 16 heavy (non-hydrogen) atoms. The van der Waals surface area contributed by atoms with Gasteiger partial charge in [0.05, 0.1) is 6.04 Å². The fourth-order valence-electron chi connectivity index (χ4n) is 2.49. The molecule has 4 rings (SSSR count). The Kier molecular flexibility index (Phi) is 2.62. The third-order valence-corrected chi connectivity index (χ3v) is 3.42. The van der Waals surface area contributed by atoms with Crippen molar-refractivity contribution in [3.05, 3.63) is 11.7 Å². The minimum Gasteiger partial charge on any atom is -0.339 e. The van der Waals surface area contributed by atoms with Crippen molar-refractivity contribution in [2.45, 2.75) is 12.5 Å². The van der Waals surface area contributed by atoms with Gasteiger partial charge in [0.1, 0.15) is 0 Å². The maximum atomic E-state index is 5.46. The van der Waals surface area contributed by atoms with Gasteiger partial charge in [-0.05, 0) is 0 Å². The average molecular weight is 223 g/mol. The average Bonchev–Trinajstić information content (AvgIpc) is 2.80. The summed E-state index contributed by atoms with van der Waals surface area (Å²) in [4.78, 5) is 9.32. The Bertz CT molecular complexity index is 358. The monoisotopic (exact) mass is 223 g/mol. The fraction of sp³-hybridized carbons (Fsp3) is 0.800. The van der Waals surface area contributed by atoms with Crippen LogP contribution in [0.25, 0.3) is 0 Å². The molecule has 0 saturated carbocycles. The third kappa shape index (κ3) is 1.73. The SMILES string of the molecule is NCCc1nc(C2CN3CCN2CC3)no1. The molecular formula is C10H17N5O. The molecule has 6 nitrogen and oxygen atoms in total. The Morgan fingerprint density at radius 2 is 2.12 bits per heavy atom. The van der Waals surface area contributed by atoms with Crippen molar-refractivity contribution in [1.29, 1.82) is 0 Å². The zero-order valence-electron chi connectivity index (χ0n) is 9.30. The van der Waals surface area contributed by atoms with Crippen molar-refractivity contribution in [3.8, 4) is 0 Å². The Hall–Kier alpha value is -0.980. The van der Waals surface area contributed by atoms with Crippen molar-refractivity contribution >= 4 is 0 Å². The lowest BCUT2D eigenvalue weighted by atomic mass is 10.1. The van der Waals surface area contributed by atoms with Crippen LogP contribution < -0.4 is 5.73 Å². The van der Waals surface area contributed by atoms with Gasteiger partial charge < -0.3 is 10.3 Å². The van der Waals surface area contributed by atoms with Gasteiger partial charge in [0.2, 0.25) is 5.89 Å². The molecule has 3 saturated heterocycles. The highest BCUT2D eigenvalue weighted by molar-refractivity contribution is 5.01. The van der Waals surface area contributed by atoms with Gasteiger partial charge in [0, 0.05) is 45.7 Å². The van der Waals surface area contributed by atoms with Gasteiger partial charge in [-0.1, -0.05) is 5.16 Å². The molecule has 1 unspecified atom stereocenters. The van der Waals surface area contributed by atoms with Crippen LogP contribution in [0.1, 0.15) is 17.8 Å². The Morgan fingerprint density at radius 3 is 2.75 bits per heavy atom. The van der Waals surface area contributed by atoms with E-state index in [4.69, 9.17) is 10.3 Å². The summed E-state index contributed by atoms with van der Waals surface area (Å²) in [6.07, 6.45) is 0.670. The molecular weight excluding hydrogens is 206 g/mol. The molecule has 3 aliphatic rings. The minimum atomic E-state index is 0.317. The molecule has 0 aliphatic carbocycles. The predicted octanol–water partition coefficient (Wildman–Crippen LogP) is -0.757. The van der Waals surface area contributed by atoms with E-state index in [0.29, 0.717) is 24.9 Å². The standard InChI is InChI=1S/C10H17N5O/c11-2-1-9-12-10(13-16-9)8-7-14-3-5-15(8)6-4-14/h8H,1-7,11H2. The van der Waals surface area contributed by atoms with E-state index in [1.54, 1.807) is 0 Å². The first kappa shape index (κ1) is 10.2. The van der Waals surface area contributed by atoms with Crippen LogP contribution in [0.5, 0.6) is 0 Å². The van der Waals surface area contributed by atoms with Crippen LogP contribution in [-0.4, -0.2) is 59.2 Å². The van der Waals surface area contributed by atoms with Crippen LogP contribution in [0, 0.1) is 0 Å². The van der Waals surface area contributed by atoms with Crippen molar-refractivity contribution in [1.82, 2.24) is 19.9 Å². The number of rotatable bonds is 3. The summed E-state index contributed by atoms with van der Waals surface area (Å²) in [5, 5.41) is 4.07. The molecule has 3 aliphatic heterocycles. The molecule has 0 spiro atoms. The maximum absolute atomic E-state index is 5.46. The fourth-order valence-corrected chi connectivity index (χ4v) is 2.49. The molecule has 3 fully saturated rings. The summed E-state index contributed by atoms with van der Waals surface area (Å²) < 4.78 is 5.18. The van der Waals surface area contributed by atoms with Crippen LogP contribution in [0.15, 0.2) is 4.52 Å². The highest BCUT2D eigenvalue weighted by Crippen LogP contribution is 2.26. The number of piperazine rings is 3. The first-order chi connectivity index (χ1) is 7.86. The first-order valence-corrected chi connectivity index (χ1v) is 5.86. The maximum Gasteiger partial charge on any atom is 0.227 e. The second-order valence-corrected chi connectivity index (χ2v) is 4.44. The normalized spacial score (nSPS) is 33.2. The summed E-state index contributed by atoms with van der Waals surface area (Å²) >= 11 is 0. The molecule has 1 atom stereocenters. The summed E-state index contributed by atoms with van der Waals surface area (Å²) in [5.41, 5.74) is 5.46. The molecule has 88 valence electrons. The van der Waals surface area contributed by atoms with E-state index < -0.39 is 0 Å². The number of hydrogen-bond acceptors (Lipinski definition) is 6. The van der Waals surface area contributed by atoms with Crippen LogP contribution in [0.2, 0.25) is 0 Å². The van der Waals surface area contributed by atoms with Crippen molar-refractivity contribution < 1.29 is 4.52 Å². The number of hydrogen-bond donors (Lipinski definition) is 1. The van der Waals surface area contributed by atoms with Gasteiger partial charge in [0.15, 0.2) is 5.82 Å². The van der Waals surface area contributed by atoms with Crippen molar-refractivity contribution in [2.75, 3.05) is 39.3 Å². The van der Waals surface area contributed by atoms with Crippen LogP contribution in [0.3, 0.4) is 0 Å². The molecule has 1 aromatic rings. The lowest BCUT2D eigenvalue weighted by Crippen LogP contribution is -2.57. The third-order valence-electron chi connectivity index (χ3n) is 3.42. The molecule has 0 amide bonds. The molecule has 0 radical (unpaired) electrons. The zero-order chi connectivity index (χ0) is 11.0. The molecule has 1 aromatic heterocycles. The minimum absolute atomic E-state index is 0.317. The van der Waals surface area contributed by atoms with Gasteiger partial charge in [-0.2, -0.15) is 4.98 Å². The number of aromatic nitrogens is 2.